The zero-order valence-electron chi connectivity index (χ0n) is 11.4. The zero-order valence-corrected chi connectivity index (χ0v) is 13.8. The molecule has 0 amide bonds. The first-order valence-corrected chi connectivity index (χ1v) is 8.58. The number of hydrogen-bond acceptors (Lipinski definition) is 3. The van der Waals surface area contributed by atoms with Gasteiger partial charge >= 0.3 is 0 Å². The SMILES string of the molecule is CCCC(CC)NS(=O)(=O)c1cc(Br)ccc1OC. The summed E-state index contributed by atoms with van der Waals surface area (Å²) in [5.41, 5.74) is 0. The molecule has 19 heavy (non-hydrogen) atoms. The van der Waals surface area contributed by atoms with Crippen molar-refractivity contribution in [2.75, 3.05) is 7.11 Å². The fraction of sp³-hybridized carbons (Fsp3) is 0.538. The summed E-state index contributed by atoms with van der Waals surface area (Å²) < 4.78 is 33.4. The molecule has 1 atom stereocenters. The van der Waals surface area contributed by atoms with Crippen molar-refractivity contribution in [3.05, 3.63) is 22.7 Å². The maximum Gasteiger partial charge on any atom is 0.244 e. The molecular weight excluding hydrogens is 330 g/mol. The van der Waals surface area contributed by atoms with Crippen LogP contribution in [-0.4, -0.2) is 21.6 Å². The van der Waals surface area contributed by atoms with Crippen molar-refractivity contribution in [1.82, 2.24) is 4.72 Å². The van der Waals surface area contributed by atoms with Crippen LogP contribution in [0.25, 0.3) is 0 Å². The molecular formula is C13H20BrNO3S. The van der Waals surface area contributed by atoms with Crippen LogP contribution in [0.2, 0.25) is 0 Å². The molecule has 6 heteroatoms. The lowest BCUT2D eigenvalue weighted by atomic mass is 10.1. The normalized spacial score (nSPS) is 13.3. The standard InChI is InChI=1S/C13H20BrNO3S/c1-4-6-11(5-2)15-19(16,17)13-9-10(14)7-8-12(13)18-3/h7-9,11,15H,4-6H2,1-3H3. The lowest BCUT2D eigenvalue weighted by Crippen LogP contribution is -2.34. The van der Waals surface area contributed by atoms with Crippen LogP contribution in [0.4, 0.5) is 0 Å². The van der Waals surface area contributed by atoms with Crippen LogP contribution < -0.4 is 9.46 Å². The Morgan fingerprint density at radius 2 is 2.05 bits per heavy atom. The van der Waals surface area contributed by atoms with Gasteiger partial charge in [0.25, 0.3) is 0 Å². The predicted molar refractivity (Wildman–Crippen MR) is 80.0 cm³/mol. The maximum atomic E-state index is 12.4. The van der Waals surface area contributed by atoms with Crippen LogP contribution in [0, 0.1) is 0 Å². The molecule has 0 aliphatic rings. The molecule has 0 aromatic heterocycles. The lowest BCUT2D eigenvalue weighted by molar-refractivity contribution is 0.401. The molecule has 0 aliphatic carbocycles. The van der Waals surface area contributed by atoms with E-state index in [1.54, 1.807) is 18.2 Å². The van der Waals surface area contributed by atoms with Crippen molar-refractivity contribution >= 4 is 26.0 Å². The van der Waals surface area contributed by atoms with E-state index in [0.717, 1.165) is 19.3 Å². The van der Waals surface area contributed by atoms with Crippen molar-refractivity contribution < 1.29 is 13.2 Å². The Morgan fingerprint density at radius 1 is 1.37 bits per heavy atom. The average Bonchev–Trinajstić information content (AvgIpc) is 2.38. The molecule has 0 bridgehead atoms. The van der Waals surface area contributed by atoms with Crippen molar-refractivity contribution in [2.24, 2.45) is 0 Å². The molecule has 0 spiro atoms. The van der Waals surface area contributed by atoms with Crippen LogP contribution in [-0.2, 0) is 10.0 Å². The van der Waals surface area contributed by atoms with Gasteiger partial charge in [-0.1, -0.05) is 36.2 Å². The summed E-state index contributed by atoms with van der Waals surface area (Å²) in [5, 5.41) is 0. The van der Waals surface area contributed by atoms with Crippen molar-refractivity contribution in [1.29, 1.82) is 0 Å². The molecule has 4 nitrogen and oxygen atoms in total. The van der Waals surface area contributed by atoms with Gasteiger partial charge in [-0.15, -0.1) is 0 Å². The fourth-order valence-electron chi connectivity index (χ4n) is 1.84. The summed E-state index contributed by atoms with van der Waals surface area (Å²) in [4.78, 5) is 0.166. The molecule has 1 N–H and O–H groups in total. The summed E-state index contributed by atoms with van der Waals surface area (Å²) in [5.74, 6) is 0.349. The molecule has 1 aromatic rings. The molecule has 0 fully saturated rings. The van der Waals surface area contributed by atoms with Gasteiger partial charge in [-0.3, -0.25) is 0 Å². The first-order chi connectivity index (χ1) is 8.94. The summed E-state index contributed by atoms with van der Waals surface area (Å²) in [7, 11) is -2.10. The molecule has 0 saturated heterocycles. The second kappa shape index (κ2) is 7.26. The van der Waals surface area contributed by atoms with Gasteiger partial charge < -0.3 is 4.74 Å². The minimum absolute atomic E-state index is 0.0429. The van der Waals surface area contributed by atoms with Gasteiger partial charge in [-0.2, -0.15) is 0 Å². The molecule has 1 aromatic carbocycles. The average molecular weight is 350 g/mol. The third kappa shape index (κ3) is 4.47. The minimum atomic E-state index is -3.56. The van der Waals surface area contributed by atoms with Crippen molar-refractivity contribution in [2.45, 2.75) is 44.0 Å². The third-order valence-corrected chi connectivity index (χ3v) is 4.90. The van der Waals surface area contributed by atoms with Crippen LogP contribution in [0.1, 0.15) is 33.1 Å². The highest BCUT2D eigenvalue weighted by Gasteiger charge is 2.22. The fourth-order valence-corrected chi connectivity index (χ4v) is 3.90. The summed E-state index contributed by atoms with van der Waals surface area (Å²) in [6, 6.07) is 4.90. The Kier molecular flexibility index (Phi) is 6.29. The number of methoxy groups -OCH3 is 1. The largest absolute Gasteiger partial charge is 0.495 e. The van der Waals surface area contributed by atoms with Crippen molar-refractivity contribution in [3.63, 3.8) is 0 Å². The lowest BCUT2D eigenvalue weighted by Gasteiger charge is -2.17. The highest BCUT2D eigenvalue weighted by atomic mass is 79.9. The van der Waals surface area contributed by atoms with E-state index in [1.807, 2.05) is 13.8 Å². The van der Waals surface area contributed by atoms with E-state index >= 15 is 0 Å². The molecule has 0 saturated carbocycles. The Morgan fingerprint density at radius 3 is 2.58 bits per heavy atom. The second-order valence-electron chi connectivity index (χ2n) is 4.31. The molecule has 108 valence electrons. The smallest absolute Gasteiger partial charge is 0.244 e. The van der Waals surface area contributed by atoms with E-state index in [-0.39, 0.29) is 10.9 Å². The molecule has 1 unspecified atom stereocenters. The maximum absolute atomic E-state index is 12.4. The van der Waals surface area contributed by atoms with E-state index in [0.29, 0.717) is 10.2 Å². The number of nitrogens with one attached hydrogen (secondary N) is 1. The zero-order chi connectivity index (χ0) is 14.5. The number of benzene rings is 1. The number of ether oxygens (including phenoxy) is 1. The van der Waals surface area contributed by atoms with Crippen LogP contribution in [0.5, 0.6) is 5.75 Å². The van der Waals surface area contributed by atoms with E-state index in [9.17, 15) is 8.42 Å². The monoisotopic (exact) mass is 349 g/mol. The highest BCUT2D eigenvalue weighted by Crippen LogP contribution is 2.27. The van der Waals surface area contributed by atoms with Crippen molar-refractivity contribution in [3.8, 4) is 5.75 Å². The van der Waals surface area contributed by atoms with Gasteiger partial charge in [0.05, 0.1) is 7.11 Å². The Hall–Kier alpha value is -0.590. The number of hydrogen-bond donors (Lipinski definition) is 1. The van der Waals surface area contributed by atoms with Crippen LogP contribution in [0.3, 0.4) is 0 Å². The number of halogens is 1. The quantitative estimate of drug-likeness (QED) is 0.821. The highest BCUT2D eigenvalue weighted by molar-refractivity contribution is 9.10. The summed E-state index contributed by atoms with van der Waals surface area (Å²) in [6.07, 6.45) is 2.53. The number of rotatable bonds is 7. The molecule has 0 aliphatic heterocycles. The summed E-state index contributed by atoms with van der Waals surface area (Å²) >= 11 is 3.28. The van der Waals surface area contributed by atoms with Gasteiger partial charge in [0.1, 0.15) is 10.6 Å². The second-order valence-corrected chi connectivity index (χ2v) is 6.91. The van der Waals surface area contributed by atoms with Crippen LogP contribution >= 0.6 is 15.9 Å². The first kappa shape index (κ1) is 16.5. The van der Waals surface area contributed by atoms with Gasteiger partial charge in [0.15, 0.2) is 0 Å². The van der Waals surface area contributed by atoms with Gasteiger partial charge in [-0.05, 0) is 31.0 Å². The first-order valence-electron chi connectivity index (χ1n) is 6.30. The van der Waals surface area contributed by atoms with E-state index in [2.05, 4.69) is 20.7 Å². The van der Waals surface area contributed by atoms with E-state index in [4.69, 9.17) is 4.74 Å². The Labute approximate surface area is 123 Å². The van der Waals surface area contributed by atoms with Gasteiger partial charge in [0, 0.05) is 10.5 Å². The molecule has 0 heterocycles. The number of sulfonamides is 1. The topological polar surface area (TPSA) is 55.4 Å². The third-order valence-electron chi connectivity index (χ3n) is 2.87. The molecule has 1 rings (SSSR count). The van der Waals surface area contributed by atoms with E-state index in [1.165, 1.54) is 7.11 Å². The predicted octanol–water partition coefficient (Wildman–Crippen LogP) is 3.31. The minimum Gasteiger partial charge on any atom is -0.495 e. The van der Waals surface area contributed by atoms with Gasteiger partial charge in [-0.25, -0.2) is 13.1 Å². The van der Waals surface area contributed by atoms with Gasteiger partial charge in [0.2, 0.25) is 10.0 Å². The van der Waals surface area contributed by atoms with Crippen LogP contribution in [0.15, 0.2) is 27.6 Å². The summed E-state index contributed by atoms with van der Waals surface area (Å²) in [6.45, 7) is 4.01. The molecule has 0 radical (unpaired) electrons. The Balaban J connectivity index is 3.09. The Bertz CT molecular complexity index is 517. The van der Waals surface area contributed by atoms with E-state index < -0.39 is 10.0 Å².